The lowest BCUT2D eigenvalue weighted by atomic mass is 10.2. The normalized spacial score (nSPS) is 8.83. The highest BCUT2D eigenvalue weighted by molar-refractivity contribution is 9.09. The molecule has 1 aromatic carbocycles. The van der Waals surface area contributed by atoms with Gasteiger partial charge in [0.25, 0.3) is 0 Å². The highest BCUT2D eigenvalue weighted by Crippen LogP contribution is 2.10. The van der Waals surface area contributed by atoms with Crippen LogP contribution in [0.25, 0.3) is 0 Å². The van der Waals surface area contributed by atoms with Crippen LogP contribution >= 0.6 is 15.9 Å². The monoisotopic (exact) mass is 227 g/mol. The number of anilines is 1. The van der Waals surface area contributed by atoms with Crippen LogP contribution in [0.4, 0.5) is 10.1 Å². The van der Waals surface area contributed by atoms with Crippen LogP contribution in [0.3, 0.4) is 0 Å². The fourth-order valence-corrected chi connectivity index (χ4v) is 0.907. The van der Waals surface area contributed by atoms with E-state index in [1.54, 1.807) is 0 Å². The summed E-state index contributed by atoms with van der Waals surface area (Å²) in [6.07, 6.45) is 0. The summed E-state index contributed by atoms with van der Waals surface area (Å²) >= 11 is 3.12. The molecule has 0 saturated carbocycles. The third kappa shape index (κ3) is 2.24. The summed E-state index contributed by atoms with van der Waals surface area (Å²) in [4.78, 5) is 0. The van der Waals surface area contributed by atoms with Gasteiger partial charge in [0.15, 0.2) is 0 Å². The van der Waals surface area contributed by atoms with Crippen molar-refractivity contribution in [3.63, 3.8) is 0 Å². The van der Waals surface area contributed by atoms with E-state index in [0.29, 0.717) is 16.6 Å². The summed E-state index contributed by atoms with van der Waals surface area (Å²) in [6, 6.07) is 4.34. The molecule has 1 rings (SSSR count). The van der Waals surface area contributed by atoms with Crippen LogP contribution in [0.5, 0.6) is 0 Å². The first-order chi connectivity index (χ1) is 5.74. The van der Waals surface area contributed by atoms with Gasteiger partial charge in [0.2, 0.25) is 0 Å². The van der Waals surface area contributed by atoms with Crippen molar-refractivity contribution in [2.45, 2.75) is 0 Å². The van der Waals surface area contributed by atoms with Crippen molar-refractivity contribution in [1.82, 2.24) is 0 Å². The number of hydrogen-bond donors (Lipinski definition) is 1. The number of rotatable bonds is 0. The second-order valence-corrected chi connectivity index (χ2v) is 2.74. The molecule has 2 N–H and O–H groups in total. The van der Waals surface area contributed by atoms with Crippen molar-refractivity contribution < 1.29 is 4.39 Å². The second kappa shape index (κ2) is 4.13. The molecule has 3 heteroatoms. The Hall–Kier alpha value is -1.01. The van der Waals surface area contributed by atoms with Gasteiger partial charge in [-0.15, -0.1) is 0 Å². The predicted molar refractivity (Wildman–Crippen MR) is 51.5 cm³/mol. The molecule has 0 aliphatic rings. The molecule has 0 unspecified atom stereocenters. The van der Waals surface area contributed by atoms with E-state index in [0.717, 1.165) is 0 Å². The average molecular weight is 228 g/mol. The lowest BCUT2D eigenvalue weighted by Crippen LogP contribution is -1.89. The number of nitrogen functional groups attached to an aromatic ring is 1. The van der Waals surface area contributed by atoms with Crippen molar-refractivity contribution in [3.8, 4) is 11.8 Å². The van der Waals surface area contributed by atoms with Crippen LogP contribution in [-0.4, -0.2) is 5.33 Å². The van der Waals surface area contributed by atoms with Crippen molar-refractivity contribution in [2.24, 2.45) is 0 Å². The van der Waals surface area contributed by atoms with Crippen molar-refractivity contribution >= 4 is 21.6 Å². The average Bonchev–Trinajstić information content (AvgIpc) is 2.07. The van der Waals surface area contributed by atoms with Gasteiger partial charge in [-0.25, -0.2) is 4.39 Å². The number of benzene rings is 1. The highest BCUT2D eigenvalue weighted by Gasteiger charge is 1.97. The standard InChI is InChI=1S/C9H7BrFN/c10-5-1-2-7-6-8(12)3-4-9(7)11/h3-4,6H,5,12H2. The van der Waals surface area contributed by atoms with Crippen LogP contribution in [0.15, 0.2) is 18.2 Å². The second-order valence-electron chi connectivity index (χ2n) is 2.17. The SMILES string of the molecule is Nc1ccc(F)c(C#CCBr)c1. The maximum absolute atomic E-state index is 12.9. The van der Waals surface area contributed by atoms with E-state index >= 15 is 0 Å². The lowest BCUT2D eigenvalue weighted by Gasteiger charge is -1.95. The molecule has 0 aromatic heterocycles. The molecule has 12 heavy (non-hydrogen) atoms. The van der Waals surface area contributed by atoms with E-state index in [1.165, 1.54) is 18.2 Å². The molecule has 0 bridgehead atoms. The largest absolute Gasteiger partial charge is 0.399 e. The summed E-state index contributed by atoms with van der Waals surface area (Å²) in [5.41, 5.74) is 6.32. The van der Waals surface area contributed by atoms with Gasteiger partial charge >= 0.3 is 0 Å². The van der Waals surface area contributed by atoms with Crippen molar-refractivity contribution in [1.29, 1.82) is 0 Å². The van der Waals surface area contributed by atoms with E-state index in [-0.39, 0.29) is 5.82 Å². The van der Waals surface area contributed by atoms with Gasteiger partial charge < -0.3 is 5.73 Å². The molecule has 0 heterocycles. The minimum Gasteiger partial charge on any atom is -0.399 e. The van der Waals surface area contributed by atoms with E-state index in [2.05, 4.69) is 27.8 Å². The Kier molecular flexibility index (Phi) is 3.12. The Balaban J connectivity index is 3.05. The van der Waals surface area contributed by atoms with Gasteiger partial charge in [-0.05, 0) is 18.2 Å². The van der Waals surface area contributed by atoms with Gasteiger partial charge in [0, 0.05) is 5.69 Å². The van der Waals surface area contributed by atoms with Crippen molar-refractivity contribution in [3.05, 3.63) is 29.6 Å². The van der Waals surface area contributed by atoms with Crippen LogP contribution in [0.1, 0.15) is 5.56 Å². The Labute approximate surface area is 78.9 Å². The molecule has 1 nitrogen and oxygen atoms in total. The minimum atomic E-state index is -0.336. The Bertz CT molecular complexity index is 338. The maximum Gasteiger partial charge on any atom is 0.138 e. The first-order valence-corrected chi connectivity index (χ1v) is 4.46. The molecule has 0 spiro atoms. The predicted octanol–water partition coefficient (Wildman–Crippen LogP) is 2.15. The number of alkyl halides is 1. The van der Waals surface area contributed by atoms with Gasteiger partial charge in [0.05, 0.1) is 10.9 Å². The summed E-state index contributed by atoms with van der Waals surface area (Å²) < 4.78 is 12.9. The summed E-state index contributed by atoms with van der Waals surface area (Å²) in [7, 11) is 0. The molecule has 0 saturated heterocycles. The Morgan fingerprint density at radius 3 is 2.92 bits per heavy atom. The molecule has 1 aromatic rings. The van der Waals surface area contributed by atoms with E-state index in [1.807, 2.05) is 0 Å². The molecule has 0 atom stereocenters. The van der Waals surface area contributed by atoms with E-state index < -0.39 is 0 Å². The fourth-order valence-electron chi connectivity index (χ4n) is 0.767. The first-order valence-electron chi connectivity index (χ1n) is 3.34. The van der Waals surface area contributed by atoms with E-state index in [4.69, 9.17) is 5.73 Å². The topological polar surface area (TPSA) is 26.0 Å². The van der Waals surface area contributed by atoms with Crippen LogP contribution < -0.4 is 5.73 Å². The number of nitrogens with two attached hydrogens (primary N) is 1. The van der Waals surface area contributed by atoms with E-state index in [9.17, 15) is 4.39 Å². The molecular formula is C9H7BrFN. The van der Waals surface area contributed by atoms with Crippen LogP contribution in [-0.2, 0) is 0 Å². The zero-order valence-corrected chi connectivity index (χ0v) is 7.86. The zero-order chi connectivity index (χ0) is 8.97. The van der Waals surface area contributed by atoms with Crippen LogP contribution in [0.2, 0.25) is 0 Å². The molecular weight excluding hydrogens is 221 g/mol. The molecule has 0 aliphatic heterocycles. The van der Waals surface area contributed by atoms with Crippen LogP contribution in [0, 0.1) is 17.7 Å². The fraction of sp³-hybridized carbons (Fsp3) is 0.111. The Morgan fingerprint density at radius 2 is 2.25 bits per heavy atom. The third-order valence-corrected chi connectivity index (χ3v) is 1.56. The molecule has 62 valence electrons. The number of hydrogen-bond acceptors (Lipinski definition) is 1. The van der Waals surface area contributed by atoms with Crippen molar-refractivity contribution in [2.75, 3.05) is 11.1 Å². The Morgan fingerprint density at radius 1 is 1.50 bits per heavy atom. The smallest absolute Gasteiger partial charge is 0.138 e. The number of halogens is 2. The molecule has 0 aliphatic carbocycles. The summed E-state index contributed by atoms with van der Waals surface area (Å²) in [6.45, 7) is 0. The molecule has 0 amide bonds. The lowest BCUT2D eigenvalue weighted by molar-refractivity contribution is 0.624. The molecule has 0 fully saturated rings. The highest BCUT2D eigenvalue weighted by atomic mass is 79.9. The zero-order valence-electron chi connectivity index (χ0n) is 6.27. The minimum absolute atomic E-state index is 0.336. The third-order valence-electron chi connectivity index (χ3n) is 1.28. The quantitative estimate of drug-likeness (QED) is 0.411. The molecule has 0 radical (unpaired) electrons. The van der Waals surface area contributed by atoms with Gasteiger partial charge in [0.1, 0.15) is 5.82 Å². The van der Waals surface area contributed by atoms with Gasteiger partial charge in [-0.1, -0.05) is 27.8 Å². The van der Waals surface area contributed by atoms with Gasteiger partial charge in [-0.3, -0.25) is 0 Å². The maximum atomic E-state index is 12.9. The van der Waals surface area contributed by atoms with Gasteiger partial charge in [-0.2, -0.15) is 0 Å². The summed E-state index contributed by atoms with van der Waals surface area (Å²) in [5, 5.41) is 0.529. The summed E-state index contributed by atoms with van der Waals surface area (Å²) in [5.74, 6) is 5.02. The first kappa shape index (κ1) is 9.08.